The third-order valence-corrected chi connectivity index (χ3v) is 5.74. The Balaban J connectivity index is 1.36. The smallest absolute Gasteiger partial charge is 0.306 e. The molecule has 2 amide bonds. The largest absolute Gasteiger partial charge is 0.497 e. The number of amides is 2. The third kappa shape index (κ3) is 5.72. The monoisotopic (exact) mass is 486 g/mol. The van der Waals surface area contributed by atoms with Gasteiger partial charge < -0.3 is 19.2 Å². The molecule has 3 aromatic carbocycles. The summed E-state index contributed by atoms with van der Waals surface area (Å²) in [5.74, 6) is -0.467. The summed E-state index contributed by atoms with van der Waals surface area (Å²) in [5, 5.41) is 3.22. The van der Waals surface area contributed by atoms with Gasteiger partial charge in [-0.3, -0.25) is 19.7 Å². The highest BCUT2D eigenvalue weighted by molar-refractivity contribution is 6.05. The number of aromatic amines is 1. The first kappa shape index (κ1) is 24.5. The first-order chi connectivity index (χ1) is 17.5. The molecule has 4 aromatic rings. The zero-order valence-electron chi connectivity index (χ0n) is 20.0. The summed E-state index contributed by atoms with van der Waals surface area (Å²) < 4.78 is 15.4. The minimum atomic E-state index is -0.699. The maximum Gasteiger partial charge on any atom is 0.306 e. The van der Waals surface area contributed by atoms with E-state index in [0.29, 0.717) is 17.7 Å². The average Bonchev–Trinajstić information content (AvgIpc) is 3.29. The lowest BCUT2D eigenvalue weighted by Crippen LogP contribution is -2.34. The number of aromatic nitrogens is 1. The Morgan fingerprint density at radius 1 is 0.833 bits per heavy atom. The van der Waals surface area contributed by atoms with Crippen LogP contribution in [-0.2, 0) is 20.7 Å². The van der Waals surface area contributed by atoms with Crippen LogP contribution in [0.15, 0.2) is 72.8 Å². The van der Waals surface area contributed by atoms with E-state index in [4.69, 9.17) is 14.2 Å². The van der Waals surface area contributed by atoms with Crippen LogP contribution in [0.5, 0.6) is 11.5 Å². The molecule has 184 valence electrons. The summed E-state index contributed by atoms with van der Waals surface area (Å²) in [4.78, 5) is 40.1. The number of benzene rings is 3. The predicted molar refractivity (Wildman–Crippen MR) is 135 cm³/mol. The summed E-state index contributed by atoms with van der Waals surface area (Å²) in [5.41, 5.74) is 4.11. The van der Waals surface area contributed by atoms with Gasteiger partial charge in [-0.25, -0.2) is 0 Å². The molecule has 0 saturated carbocycles. The Bertz CT molecular complexity index is 1370. The Hall–Kier alpha value is -4.59. The zero-order chi connectivity index (χ0) is 25.5. The number of hydrogen-bond donors (Lipinski definition) is 2. The van der Waals surface area contributed by atoms with Crippen molar-refractivity contribution in [1.82, 2.24) is 10.3 Å². The van der Waals surface area contributed by atoms with E-state index in [1.54, 1.807) is 19.2 Å². The third-order valence-electron chi connectivity index (χ3n) is 5.74. The van der Waals surface area contributed by atoms with Crippen molar-refractivity contribution in [2.75, 3.05) is 20.8 Å². The quantitative estimate of drug-likeness (QED) is 0.342. The highest BCUT2D eigenvalue weighted by Crippen LogP contribution is 2.32. The molecule has 0 aliphatic heterocycles. The molecule has 0 saturated heterocycles. The van der Waals surface area contributed by atoms with Crippen LogP contribution in [0.4, 0.5) is 0 Å². The summed E-state index contributed by atoms with van der Waals surface area (Å²) in [6.07, 6.45) is 0.487. The zero-order valence-corrected chi connectivity index (χ0v) is 20.0. The molecule has 2 N–H and O–H groups in total. The van der Waals surface area contributed by atoms with E-state index in [2.05, 4.69) is 10.3 Å². The summed E-state index contributed by atoms with van der Waals surface area (Å²) in [7, 11) is 3.13. The molecule has 0 aliphatic carbocycles. The van der Waals surface area contributed by atoms with Gasteiger partial charge in [-0.15, -0.1) is 0 Å². The molecule has 0 bridgehead atoms. The van der Waals surface area contributed by atoms with E-state index in [9.17, 15) is 14.4 Å². The number of rotatable bonds is 9. The van der Waals surface area contributed by atoms with Crippen molar-refractivity contribution in [1.29, 1.82) is 0 Å². The highest BCUT2D eigenvalue weighted by Gasteiger charge is 2.17. The molecule has 36 heavy (non-hydrogen) atoms. The van der Waals surface area contributed by atoms with Gasteiger partial charge in [0.15, 0.2) is 6.61 Å². The molecule has 1 heterocycles. The van der Waals surface area contributed by atoms with Crippen molar-refractivity contribution in [2.45, 2.75) is 12.8 Å². The van der Waals surface area contributed by atoms with Gasteiger partial charge in [0.1, 0.15) is 11.5 Å². The Labute approximate surface area is 208 Å². The Morgan fingerprint density at radius 2 is 1.47 bits per heavy atom. The van der Waals surface area contributed by atoms with Crippen molar-refractivity contribution >= 4 is 28.7 Å². The number of H-pyrrole nitrogens is 1. The van der Waals surface area contributed by atoms with Crippen LogP contribution >= 0.6 is 0 Å². The molecule has 0 fully saturated rings. The lowest BCUT2D eigenvalue weighted by molar-refractivity contribution is -0.148. The van der Waals surface area contributed by atoms with E-state index >= 15 is 0 Å². The van der Waals surface area contributed by atoms with Gasteiger partial charge >= 0.3 is 5.97 Å². The standard InChI is InChI=1S/C28H26N2O6/c1-34-20-11-7-18(8-12-20)27-23(22-5-3-4-6-24(22)29-27)15-16-26(32)36-17-25(31)30-28(33)19-9-13-21(35-2)14-10-19/h3-14,29H,15-17H2,1-2H3,(H,30,31,33). The van der Waals surface area contributed by atoms with E-state index in [1.165, 1.54) is 19.2 Å². The number of para-hydroxylation sites is 1. The fourth-order valence-electron chi connectivity index (χ4n) is 3.89. The second kappa shape index (κ2) is 11.2. The average molecular weight is 487 g/mol. The van der Waals surface area contributed by atoms with Crippen molar-refractivity contribution in [3.63, 3.8) is 0 Å². The molecule has 0 radical (unpaired) electrons. The van der Waals surface area contributed by atoms with Crippen LogP contribution < -0.4 is 14.8 Å². The molecule has 8 heteroatoms. The van der Waals surface area contributed by atoms with Gasteiger partial charge in [0.25, 0.3) is 11.8 Å². The van der Waals surface area contributed by atoms with Gasteiger partial charge in [-0.1, -0.05) is 18.2 Å². The number of carbonyl (C=O) groups is 3. The number of methoxy groups -OCH3 is 2. The highest BCUT2D eigenvalue weighted by atomic mass is 16.5. The molecular weight excluding hydrogens is 460 g/mol. The van der Waals surface area contributed by atoms with Crippen LogP contribution in [0, 0.1) is 0 Å². The Kier molecular flexibility index (Phi) is 7.65. The molecule has 8 nitrogen and oxygen atoms in total. The van der Waals surface area contributed by atoms with Crippen molar-refractivity contribution in [2.24, 2.45) is 0 Å². The first-order valence-electron chi connectivity index (χ1n) is 11.4. The van der Waals surface area contributed by atoms with Crippen LogP contribution in [0.1, 0.15) is 22.3 Å². The number of carbonyl (C=O) groups excluding carboxylic acids is 3. The molecule has 4 rings (SSSR count). The second-order valence-electron chi connectivity index (χ2n) is 8.02. The van der Waals surface area contributed by atoms with Gasteiger partial charge in [0.2, 0.25) is 0 Å². The number of nitrogens with one attached hydrogen (secondary N) is 2. The van der Waals surface area contributed by atoms with E-state index < -0.39 is 24.4 Å². The minimum absolute atomic E-state index is 0.0741. The van der Waals surface area contributed by atoms with Crippen molar-refractivity contribution < 1.29 is 28.6 Å². The molecule has 0 atom stereocenters. The normalized spacial score (nSPS) is 10.6. The molecular formula is C28H26N2O6. The predicted octanol–water partition coefficient (Wildman–Crippen LogP) is 4.28. The summed E-state index contributed by atoms with van der Waals surface area (Å²) in [6.45, 7) is -0.542. The van der Waals surface area contributed by atoms with E-state index in [1.807, 2.05) is 48.5 Å². The van der Waals surface area contributed by atoms with E-state index in [0.717, 1.165) is 33.5 Å². The number of ether oxygens (including phenoxy) is 3. The fourth-order valence-corrected chi connectivity index (χ4v) is 3.89. The fraction of sp³-hybridized carbons (Fsp3) is 0.179. The van der Waals surface area contributed by atoms with Crippen LogP contribution in [0.25, 0.3) is 22.2 Å². The van der Waals surface area contributed by atoms with Gasteiger partial charge in [0.05, 0.1) is 14.2 Å². The summed E-state index contributed by atoms with van der Waals surface area (Å²) >= 11 is 0. The Morgan fingerprint density at radius 3 is 2.14 bits per heavy atom. The van der Waals surface area contributed by atoms with Crippen LogP contribution in [0.2, 0.25) is 0 Å². The number of imide groups is 1. The maximum absolute atomic E-state index is 12.4. The van der Waals surface area contributed by atoms with Crippen molar-refractivity contribution in [3.05, 3.63) is 83.9 Å². The van der Waals surface area contributed by atoms with Crippen molar-refractivity contribution in [3.8, 4) is 22.8 Å². The van der Waals surface area contributed by atoms with E-state index in [-0.39, 0.29) is 6.42 Å². The number of esters is 1. The van der Waals surface area contributed by atoms with Gasteiger partial charge in [-0.05, 0) is 72.1 Å². The lowest BCUT2D eigenvalue weighted by atomic mass is 10.0. The molecule has 0 unspecified atom stereocenters. The molecule has 0 aliphatic rings. The molecule has 1 aromatic heterocycles. The number of hydrogen-bond acceptors (Lipinski definition) is 6. The van der Waals surface area contributed by atoms with Crippen LogP contribution in [0.3, 0.4) is 0 Å². The first-order valence-corrected chi connectivity index (χ1v) is 11.4. The van der Waals surface area contributed by atoms with Gasteiger partial charge in [0, 0.05) is 28.6 Å². The number of aryl methyl sites for hydroxylation is 1. The number of fused-ring (bicyclic) bond motifs is 1. The molecule has 0 spiro atoms. The SMILES string of the molecule is COc1ccc(C(=O)NC(=O)COC(=O)CCc2c(-c3ccc(OC)cc3)[nH]c3ccccc23)cc1. The summed E-state index contributed by atoms with van der Waals surface area (Å²) in [6, 6.07) is 21.8. The maximum atomic E-state index is 12.4. The lowest BCUT2D eigenvalue weighted by Gasteiger charge is -2.08. The minimum Gasteiger partial charge on any atom is -0.497 e. The van der Waals surface area contributed by atoms with Crippen LogP contribution in [-0.4, -0.2) is 43.6 Å². The second-order valence-corrected chi connectivity index (χ2v) is 8.02. The topological polar surface area (TPSA) is 107 Å². The van der Waals surface area contributed by atoms with Gasteiger partial charge in [-0.2, -0.15) is 0 Å².